The van der Waals surface area contributed by atoms with E-state index < -0.39 is 5.97 Å². The molecule has 0 bridgehead atoms. The molecular formula is C10H17NO3. The number of hydrogen-bond acceptors (Lipinski definition) is 3. The molecule has 1 aliphatic rings. The predicted molar refractivity (Wildman–Crippen MR) is 53.1 cm³/mol. The van der Waals surface area contributed by atoms with Crippen LogP contribution in [0.3, 0.4) is 0 Å². The summed E-state index contributed by atoms with van der Waals surface area (Å²) in [5.74, 6) is -1.05. The molecule has 0 aromatic carbocycles. The smallest absolute Gasteiger partial charge is 0.307 e. The van der Waals surface area contributed by atoms with Gasteiger partial charge in [0.15, 0.2) is 0 Å². The number of carbonyl (C=O) groups is 1. The Labute approximate surface area is 83.9 Å². The number of carboxylic acids is 1. The standard InChI is InChI=1S/C10H17NO3/c1-4-5-14-11-6-7-8(9(12)13)10(7,2)3/h6-8H,4-5H2,1-3H3,(H,12,13)/b11-6+/t7?,8-/m0/s1. The van der Waals surface area contributed by atoms with E-state index in [1.165, 1.54) is 0 Å². The molecule has 0 radical (unpaired) electrons. The maximum absolute atomic E-state index is 10.8. The third-order valence-electron chi connectivity index (χ3n) is 2.77. The molecule has 0 saturated heterocycles. The van der Waals surface area contributed by atoms with Gasteiger partial charge in [-0.05, 0) is 11.8 Å². The molecule has 14 heavy (non-hydrogen) atoms. The van der Waals surface area contributed by atoms with Gasteiger partial charge in [0, 0.05) is 12.1 Å². The Morgan fingerprint density at radius 3 is 2.71 bits per heavy atom. The van der Waals surface area contributed by atoms with Gasteiger partial charge in [0.1, 0.15) is 6.61 Å². The molecule has 0 amide bonds. The predicted octanol–water partition coefficient (Wildman–Crippen LogP) is 1.76. The zero-order chi connectivity index (χ0) is 10.8. The molecule has 2 atom stereocenters. The minimum absolute atomic E-state index is 0.0110. The molecule has 4 heteroatoms. The Hall–Kier alpha value is -1.06. The molecule has 1 N–H and O–H groups in total. The number of nitrogens with zero attached hydrogens (tertiary/aromatic N) is 1. The maximum Gasteiger partial charge on any atom is 0.307 e. The summed E-state index contributed by atoms with van der Waals surface area (Å²) in [6.45, 7) is 6.45. The van der Waals surface area contributed by atoms with Gasteiger partial charge in [-0.15, -0.1) is 0 Å². The molecule has 1 rings (SSSR count). The van der Waals surface area contributed by atoms with Gasteiger partial charge in [-0.2, -0.15) is 0 Å². The Kier molecular flexibility index (Phi) is 3.13. The summed E-state index contributed by atoms with van der Waals surface area (Å²) in [6, 6.07) is 0. The van der Waals surface area contributed by atoms with Crippen LogP contribution < -0.4 is 0 Å². The van der Waals surface area contributed by atoms with E-state index in [0.717, 1.165) is 6.42 Å². The van der Waals surface area contributed by atoms with E-state index in [1.807, 2.05) is 20.8 Å². The van der Waals surface area contributed by atoms with Crippen molar-refractivity contribution in [3.05, 3.63) is 0 Å². The summed E-state index contributed by atoms with van der Waals surface area (Å²) in [4.78, 5) is 15.7. The highest BCUT2D eigenvalue weighted by Gasteiger charge is 2.61. The van der Waals surface area contributed by atoms with Crippen molar-refractivity contribution in [1.29, 1.82) is 0 Å². The Morgan fingerprint density at radius 2 is 2.29 bits per heavy atom. The van der Waals surface area contributed by atoms with Crippen LogP contribution in [0.2, 0.25) is 0 Å². The van der Waals surface area contributed by atoms with Crippen molar-refractivity contribution in [3.63, 3.8) is 0 Å². The normalized spacial score (nSPS) is 29.1. The highest BCUT2D eigenvalue weighted by Crippen LogP contribution is 2.57. The molecule has 0 aromatic rings. The molecule has 1 unspecified atom stereocenters. The summed E-state index contributed by atoms with van der Waals surface area (Å²) in [5, 5.41) is 12.6. The number of hydrogen-bond donors (Lipinski definition) is 1. The summed E-state index contributed by atoms with van der Waals surface area (Å²) < 4.78 is 0. The Bertz CT molecular complexity index is 248. The van der Waals surface area contributed by atoms with E-state index in [-0.39, 0.29) is 17.3 Å². The minimum Gasteiger partial charge on any atom is -0.481 e. The van der Waals surface area contributed by atoms with Gasteiger partial charge in [-0.3, -0.25) is 4.79 Å². The van der Waals surface area contributed by atoms with Gasteiger partial charge in [0.25, 0.3) is 0 Å². The lowest BCUT2D eigenvalue weighted by molar-refractivity contribution is -0.139. The number of rotatable bonds is 5. The second-order valence-electron chi connectivity index (χ2n) is 4.25. The average Bonchev–Trinajstić information content (AvgIpc) is 2.62. The Morgan fingerprint density at radius 1 is 1.64 bits per heavy atom. The average molecular weight is 199 g/mol. The summed E-state index contributed by atoms with van der Waals surface area (Å²) in [7, 11) is 0. The highest BCUT2D eigenvalue weighted by atomic mass is 16.6. The first-order chi connectivity index (χ1) is 6.51. The van der Waals surface area contributed by atoms with Crippen molar-refractivity contribution in [2.75, 3.05) is 6.61 Å². The lowest BCUT2D eigenvalue weighted by Gasteiger charge is -1.96. The van der Waals surface area contributed by atoms with Crippen molar-refractivity contribution >= 4 is 12.2 Å². The van der Waals surface area contributed by atoms with Crippen LogP contribution in [0.1, 0.15) is 27.2 Å². The first-order valence-electron chi connectivity index (χ1n) is 4.90. The fourth-order valence-electron chi connectivity index (χ4n) is 1.68. The van der Waals surface area contributed by atoms with Crippen molar-refractivity contribution in [1.82, 2.24) is 0 Å². The van der Waals surface area contributed by atoms with Crippen LogP contribution in [0, 0.1) is 17.3 Å². The van der Waals surface area contributed by atoms with Gasteiger partial charge in [0.05, 0.1) is 5.92 Å². The molecule has 0 aliphatic heterocycles. The van der Waals surface area contributed by atoms with Gasteiger partial charge >= 0.3 is 5.97 Å². The van der Waals surface area contributed by atoms with Crippen molar-refractivity contribution < 1.29 is 14.7 Å². The van der Waals surface area contributed by atoms with E-state index in [2.05, 4.69) is 5.16 Å². The number of oxime groups is 1. The van der Waals surface area contributed by atoms with E-state index >= 15 is 0 Å². The van der Waals surface area contributed by atoms with Crippen LogP contribution in [0.4, 0.5) is 0 Å². The molecule has 4 nitrogen and oxygen atoms in total. The first kappa shape index (κ1) is 11.0. The lowest BCUT2D eigenvalue weighted by Crippen LogP contribution is -2.03. The topological polar surface area (TPSA) is 58.9 Å². The molecular weight excluding hydrogens is 182 g/mol. The second-order valence-corrected chi connectivity index (χ2v) is 4.25. The molecule has 0 spiro atoms. The van der Waals surface area contributed by atoms with Gasteiger partial charge < -0.3 is 9.94 Å². The van der Waals surface area contributed by atoms with E-state index in [1.54, 1.807) is 6.21 Å². The van der Waals surface area contributed by atoms with Gasteiger partial charge in [-0.1, -0.05) is 25.9 Å². The molecule has 0 aromatic heterocycles. The van der Waals surface area contributed by atoms with Gasteiger partial charge in [-0.25, -0.2) is 0 Å². The molecule has 0 heterocycles. The quantitative estimate of drug-likeness (QED) is 0.417. The van der Waals surface area contributed by atoms with Crippen LogP contribution in [0.5, 0.6) is 0 Å². The van der Waals surface area contributed by atoms with Gasteiger partial charge in [0.2, 0.25) is 0 Å². The summed E-state index contributed by atoms with van der Waals surface area (Å²) in [5.41, 5.74) is -0.176. The number of carboxylic acid groups (broad SMARTS) is 1. The lowest BCUT2D eigenvalue weighted by atomic mass is 10.1. The third kappa shape index (κ3) is 2.05. The van der Waals surface area contributed by atoms with Crippen LogP contribution in [0.25, 0.3) is 0 Å². The number of aliphatic carboxylic acids is 1. The van der Waals surface area contributed by atoms with Crippen LogP contribution in [-0.4, -0.2) is 23.9 Å². The van der Waals surface area contributed by atoms with E-state index in [9.17, 15) is 4.79 Å². The van der Waals surface area contributed by atoms with Crippen molar-refractivity contribution in [3.8, 4) is 0 Å². The SMILES string of the molecule is CCCO/N=C/C1[C@@H](C(=O)O)C1(C)C. The molecule has 1 fully saturated rings. The molecule has 1 aliphatic carbocycles. The third-order valence-corrected chi connectivity index (χ3v) is 2.77. The molecule has 80 valence electrons. The zero-order valence-electron chi connectivity index (χ0n) is 8.86. The first-order valence-corrected chi connectivity index (χ1v) is 4.90. The van der Waals surface area contributed by atoms with Crippen molar-refractivity contribution in [2.45, 2.75) is 27.2 Å². The summed E-state index contributed by atoms with van der Waals surface area (Å²) in [6.07, 6.45) is 2.53. The Balaban J connectivity index is 2.41. The maximum atomic E-state index is 10.8. The fraction of sp³-hybridized carbons (Fsp3) is 0.800. The highest BCUT2D eigenvalue weighted by molar-refractivity contribution is 5.84. The fourth-order valence-corrected chi connectivity index (χ4v) is 1.68. The molecule has 1 saturated carbocycles. The van der Waals surface area contributed by atoms with Crippen LogP contribution in [0.15, 0.2) is 5.16 Å². The zero-order valence-corrected chi connectivity index (χ0v) is 8.86. The second kappa shape index (κ2) is 3.98. The van der Waals surface area contributed by atoms with E-state index in [0.29, 0.717) is 6.61 Å². The van der Waals surface area contributed by atoms with Crippen LogP contribution >= 0.6 is 0 Å². The minimum atomic E-state index is -0.748. The monoisotopic (exact) mass is 199 g/mol. The van der Waals surface area contributed by atoms with Crippen molar-refractivity contribution in [2.24, 2.45) is 22.4 Å². The van der Waals surface area contributed by atoms with Crippen LogP contribution in [-0.2, 0) is 9.63 Å². The summed E-state index contributed by atoms with van der Waals surface area (Å²) >= 11 is 0. The largest absolute Gasteiger partial charge is 0.481 e. The van der Waals surface area contributed by atoms with E-state index in [4.69, 9.17) is 9.94 Å².